The van der Waals surface area contributed by atoms with Gasteiger partial charge in [-0.05, 0) is 19.1 Å². The Morgan fingerprint density at radius 3 is 2.42 bits per heavy atom. The number of sulfone groups is 1. The topological polar surface area (TPSA) is 66.9 Å². The van der Waals surface area contributed by atoms with Gasteiger partial charge in [-0.3, -0.25) is 9.69 Å². The maximum Gasteiger partial charge on any atom is 0.501 e. The number of likely N-dealkylation sites (N-methyl/N-ethyl adjacent to an activating group) is 1. The van der Waals surface area contributed by atoms with Crippen molar-refractivity contribution in [3.8, 4) is 0 Å². The molecule has 1 amide bonds. The van der Waals surface area contributed by atoms with E-state index in [1.165, 1.54) is 18.0 Å². The van der Waals surface area contributed by atoms with Gasteiger partial charge >= 0.3 is 5.51 Å². The second-order valence-corrected chi connectivity index (χ2v) is 8.03. The summed E-state index contributed by atoms with van der Waals surface area (Å²) >= 11 is 0. The minimum Gasteiger partial charge on any atom is -0.379 e. The maximum atomic E-state index is 12.9. The molecule has 10 heteroatoms. The normalized spacial score (nSPS) is 17.7. The molecule has 1 unspecified atom stereocenters. The fraction of sp³-hybridized carbons (Fsp3) is 0.562. The molecular formula is C16H21F3N2O4S. The van der Waals surface area contributed by atoms with E-state index in [2.05, 4.69) is 4.90 Å². The molecule has 1 heterocycles. The van der Waals surface area contributed by atoms with Crippen molar-refractivity contribution in [2.24, 2.45) is 0 Å². The molecule has 0 radical (unpaired) electrons. The van der Waals surface area contributed by atoms with Crippen LogP contribution in [0.3, 0.4) is 0 Å². The molecule has 146 valence electrons. The van der Waals surface area contributed by atoms with Gasteiger partial charge in [0, 0.05) is 32.7 Å². The van der Waals surface area contributed by atoms with E-state index in [1.807, 2.05) is 0 Å². The number of hydrogen-bond acceptors (Lipinski definition) is 5. The van der Waals surface area contributed by atoms with Gasteiger partial charge in [0.25, 0.3) is 15.7 Å². The van der Waals surface area contributed by atoms with Gasteiger partial charge in [0.1, 0.15) is 0 Å². The van der Waals surface area contributed by atoms with Gasteiger partial charge in [0.2, 0.25) is 0 Å². The van der Waals surface area contributed by atoms with Gasteiger partial charge in [-0.1, -0.05) is 12.1 Å². The Hall–Kier alpha value is -1.65. The summed E-state index contributed by atoms with van der Waals surface area (Å²) in [4.78, 5) is 15.0. The molecule has 0 N–H and O–H groups in total. The number of ether oxygens (including phenoxy) is 1. The number of amides is 1. The van der Waals surface area contributed by atoms with Gasteiger partial charge in [0.15, 0.2) is 0 Å². The number of benzene rings is 1. The molecule has 1 aliphatic heterocycles. The minimum absolute atomic E-state index is 0.317. The molecule has 1 saturated heterocycles. The van der Waals surface area contributed by atoms with Gasteiger partial charge in [-0.15, -0.1) is 0 Å². The zero-order valence-electron chi connectivity index (χ0n) is 14.5. The van der Waals surface area contributed by atoms with Crippen molar-refractivity contribution in [1.82, 2.24) is 9.80 Å². The van der Waals surface area contributed by atoms with Crippen LogP contribution in [0.1, 0.15) is 17.3 Å². The van der Waals surface area contributed by atoms with Crippen molar-refractivity contribution in [3.63, 3.8) is 0 Å². The molecule has 1 aromatic carbocycles. The molecule has 0 bridgehead atoms. The average molecular weight is 394 g/mol. The summed E-state index contributed by atoms with van der Waals surface area (Å²) in [6, 6.07) is 4.08. The third-order valence-corrected chi connectivity index (χ3v) is 5.86. The van der Waals surface area contributed by atoms with E-state index in [4.69, 9.17) is 4.74 Å². The molecule has 1 atom stereocenters. The first-order valence-corrected chi connectivity index (χ1v) is 9.51. The Kier molecular flexibility index (Phi) is 6.30. The van der Waals surface area contributed by atoms with Gasteiger partial charge < -0.3 is 9.64 Å². The first kappa shape index (κ1) is 20.7. The fourth-order valence-electron chi connectivity index (χ4n) is 2.67. The summed E-state index contributed by atoms with van der Waals surface area (Å²) in [6.45, 7) is 4.83. The van der Waals surface area contributed by atoms with Crippen molar-refractivity contribution >= 4 is 15.7 Å². The maximum absolute atomic E-state index is 12.9. The van der Waals surface area contributed by atoms with E-state index in [1.54, 1.807) is 6.92 Å². The van der Waals surface area contributed by atoms with Crippen molar-refractivity contribution in [2.75, 3.05) is 39.9 Å². The van der Waals surface area contributed by atoms with E-state index < -0.39 is 31.7 Å². The molecule has 0 aliphatic carbocycles. The molecule has 1 fully saturated rings. The third kappa shape index (κ3) is 4.36. The van der Waals surface area contributed by atoms with E-state index in [9.17, 15) is 26.4 Å². The summed E-state index contributed by atoms with van der Waals surface area (Å²) in [6.07, 6.45) is 0. The standard InChI is InChI=1S/C16H21F3N2O4S/c1-12(11-21-7-9-25-10-8-21)20(2)15(22)13-5-3-4-6-14(13)26(23,24)16(17,18)19/h3-6,12H,7-11H2,1-2H3. The predicted molar refractivity (Wildman–Crippen MR) is 88.5 cm³/mol. The zero-order valence-corrected chi connectivity index (χ0v) is 15.3. The average Bonchev–Trinajstić information content (AvgIpc) is 2.60. The SMILES string of the molecule is CC(CN1CCOCC1)N(C)C(=O)c1ccccc1S(=O)(=O)C(F)(F)F. The van der Waals surface area contributed by atoms with Crippen LogP contribution < -0.4 is 0 Å². The Labute approximate surface area is 150 Å². The lowest BCUT2D eigenvalue weighted by Crippen LogP contribution is -2.47. The fourth-order valence-corrected chi connectivity index (χ4v) is 3.62. The lowest BCUT2D eigenvalue weighted by molar-refractivity contribution is -0.0436. The van der Waals surface area contributed by atoms with Crippen LogP contribution in [-0.2, 0) is 14.6 Å². The molecule has 0 aromatic heterocycles. The van der Waals surface area contributed by atoms with E-state index in [-0.39, 0.29) is 6.04 Å². The molecule has 2 rings (SSSR count). The second kappa shape index (κ2) is 7.93. The number of carbonyl (C=O) groups is 1. The van der Waals surface area contributed by atoms with Crippen molar-refractivity contribution in [3.05, 3.63) is 29.8 Å². The number of halogens is 3. The Morgan fingerprint density at radius 1 is 1.27 bits per heavy atom. The van der Waals surface area contributed by atoms with Crippen molar-refractivity contribution < 1.29 is 31.1 Å². The summed E-state index contributed by atoms with van der Waals surface area (Å²) in [5, 5.41) is 0. The highest BCUT2D eigenvalue weighted by atomic mass is 32.2. The summed E-state index contributed by atoms with van der Waals surface area (Å²) in [5.41, 5.74) is -5.96. The van der Waals surface area contributed by atoms with Crippen LogP contribution in [0.5, 0.6) is 0 Å². The highest BCUT2D eigenvalue weighted by Gasteiger charge is 2.48. The van der Waals surface area contributed by atoms with E-state index in [0.717, 1.165) is 18.2 Å². The summed E-state index contributed by atoms with van der Waals surface area (Å²) in [7, 11) is -4.16. The van der Waals surface area contributed by atoms with Crippen LogP contribution in [0, 0.1) is 0 Å². The van der Waals surface area contributed by atoms with E-state index in [0.29, 0.717) is 32.8 Å². The molecule has 0 spiro atoms. The van der Waals surface area contributed by atoms with Crippen LogP contribution in [0.2, 0.25) is 0 Å². The first-order valence-electron chi connectivity index (χ1n) is 8.03. The van der Waals surface area contributed by atoms with Crippen LogP contribution >= 0.6 is 0 Å². The number of rotatable bonds is 5. The van der Waals surface area contributed by atoms with Crippen LogP contribution in [0.25, 0.3) is 0 Å². The molecule has 26 heavy (non-hydrogen) atoms. The molecule has 0 saturated carbocycles. The number of hydrogen-bond donors (Lipinski definition) is 0. The first-order chi connectivity index (χ1) is 12.1. The van der Waals surface area contributed by atoms with Crippen LogP contribution in [-0.4, -0.2) is 75.6 Å². The van der Waals surface area contributed by atoms with Crippen LogP contribution in [0.15, 0.2) is 29.2 Å². The predicted octanol–water partition coefficient (Wildman–Crippen LogP) is 1.77. The number of alkyl halides is 3. The zero-order chi connectivity index (χ0) is 19.5. The Balaban J connectivity index is 2.24. The number of carbonyl (C=O) groups excluding carboxylic acids is 1. The summed E-state index contributed by atoms with van der Waals surface area (Å²) in [5.74, 6) is -0.769. The lowest BCUT2D eigenvalue weighted by atomic mass is 10.1. The van der Waals surface area contributed by atoms with E-state index >= 15 is 0 Å². The lowest BCUT2D eigenvalue weighted by Gasteiger charge is -2.33. The smallest absolute Gasteiger partial charge is 0.379 e. The van der Waals surface area contributed by atoms with Crippen molar-refractivity contribution in [1.29, 1.82) is 0 Å². The van der Waals surface area contributed by atoms with Crippen LogP contribution in [0.4, 0.5) is 13.2 Å². The third-order valence-electron chi connectivity index (χ3n) is 4.32. The summed E-state index contributed by atoms with van der Waals surface area (Å²) < 4.78 is 67.5. The molecule has 6 nitrogen and oxygen atoms in total. The van der Waals surface area contributed by atoms with Gasteiger partial charge in [-0.25, -0.2) is 8.42 Å². The molecule has 1 aromatic rings. The number of morpholine rings is 1. The number of nitrogens with zero attached hydrogens (tertiary/aromatic N) is 2. The Morgan fingerprint density at radius 2 is 1.85 bits per heavy atom. The monoisotopic (exact) mass is 394 g/mol. The largest absolute Gasteiger partial charge is 0.501 e. The van der Waals surface area contributed by atoms with Crippen molar-refractivity contribution in [2.45, 2.75) is 23.4 Å². The second-order valence-electron chi connectivity index (χ2n) is 6.12. The minimum atomic E-state index is -5.61. The molecular weight excluding hydrogens is 373 g/mol. The molecule has 1 aliphatic rings. The van der Waals surface area contributed by atoms with Gasteiger partial charge in [0.05, 0.1) is 23.7 Å². The van der Waals surface area contributed by atoms with Gasteiger partial charge in [-0.2, -0.15) is 13.2 Å². The quantitative estimate of drug-likeness (QED) is 0.762. The highest BCUT2D eigenvalue weighted by Crippen LogP contribution is 2.32. The highest BCUT2D eigenvalue weighted by molar-refractivity contribution is 7.92. The Bertz CT molecular complexity index is 746.